The maximum absolute atomic E-state index is 12.7. The van der Waals surface area contributed by atoms with E-state index in [1.807, 2.05) is 13.8 Å². The first kappa shape index (κ1) is 13.2. The van der Waals surface area contributed by atoms with Crippen LogP contribution in [0.4, 0.5) is 18.9 Å². The number of anilines is 1. The molecule has 2 N–H and O–H groups in total. The van der Waals surface area contributed by atoms with Crippen molar-refractivity contribution >= 4 is 5.69 Å². The van der Waals surface area contributed by atoms with Gasteiger partial charge in [0.1, 0.15) is 0 Å². The summed E-state index contributed by atoms with van der Waals surface area (Å²) < 4.78 is 38.0. The molecule has 2 nitrogen and oxygen atoms in total. The molecule has 1 aromatic rings. The number of halogens is 3. The molecule has 1 aromatic carbocycles. The van der Waals surface area contributed by atoms with Crippen LogP contribution in [0.25, 0.3) is 0 Å². The molecule has 0 aromatic heterocycles. The normalized spacial score (nSPS) is 21.0. The minimum atomic E-state index is -4.28. The molecule has 1 aliphatic rings. The van der Waals surface area contributed by atoms with Crippen LogP contribution >= 0.6 is 0 Å². The van der Waals surface area contributed by atoms with Crippen LogP contribution < -0.4 is 10.6 Å². The summed E-state index contributed by atoms with van der Waals surface area (Å²) >= 11 is 0. The largest absolute Gasteiger partial charge is 0.416 e. The highest BCUT2D eigenvalue weighted by Crippen LogP contribution is 2.37. The zero-order chi connectivity index (χ0) is 13.5. The molecule has 0 aliphatic carbocycles. The van der Waals surface area contributed by atoms with Crippen molar-refractivity contribution in [3.63, 3.8) is 0 Å². The fraction of sp³-hybridized carbons (Fsp3) is 0.538. The first-order valence-corrected chi connectivity index (χ1v) is 6.07. The Bertz CT molecular complexity index is 440. The number of alkyl halides is 3. The molecule has 0 radical (unpaired) electrons. The zero-order valence-electron chi connectivity index (χ0n) is 10.5. The van der Waals surface area contributed by atoms with Crippen LogP contribution in [0.2, 0.25) is 0 Å². The van der Waals surface area contributed by atoms with Gasteiger partial charge < -0.3 is 10.6 Å². The molecule has 1 heterocycles. The van der Waals surface area contributed by atoms with Crippen molar-refractivity contribution in [3.05, 3.63) is 29.3 Å². The summed E-state index contributed by atoms with van der Waals surface area (Å²) in [4.78, 5) is 2.08. The number of hydrogen-bond acceptors (Lipinski definition) is 2. The molecular formula is C13H17F3N2. The number of rotatable bonds is 2. The number of fused-ring (bicyclic) bond motifs is 1. The third-order valence-corrected chi connectivity index (χ3v) is 3.49. The third kappa shape index (κ3) is 2.19. The van der Waals surface area contributed by atoms with Gasteiger partial charge in [0.05, 0.1) is 5.56 Å². The predicted molar refractivity (Wildman–Crippen MR) is 65.6 cm³/mol. The summed E-state index contributed by atoms with van der Waals surface area (Å²) in [5, 5.41) is 0. The van der Waals surface area contributed by atoms with E-state index in [2.05, 4.69) is 4.90 Å². The smallest absolute Gasteiger partial charge is 0.367 e. The monoisotopic (exact) mass is 258 g/mol. The minimum absolute atomic E-state index is 0.0633. The van der Waals surface area contributed by atoms with Gasteiger partial charge in [-0.3, -0.25) is 0 Å². The molecule has 0 amide bonds. The number of benzene rings is 1. The third-order valence-electron chi connectivity index (χ3n) is 3.49. The second kappa shape index (κ2) is 4.46. The maximum Gasteiger partial charge on any atom is 0.416 e. The highest BCUT2D eigenvalue weighted by atomic mass is 19.4. The maximum atomic E-state index is 12.7. The van der Waals surface area contributed by atoms with Crippen molar-refractivity contribution in [2.24, 2.45) is 5.73 Å². The molecule has 0 saturated carbocycles. The highest BCUT2D eigenvalue weighted by molar-refractivity contribution is 5.61. The Morgan fingerprint density at radius 3 is 2.61 bits per heavy atom. The van der Waals surface area contributed by atoms with E-state index in [-0.39, 0.29) is 12.1 Å². The molecule has 2 rings (SSSR count). The van der Waals surface area contributed by atoms with E-state index in [9.17, 15) is 13.2 Å². The Hall–Kier alpha value is -1.23. The second-order valence-corrected chi connectivity index (χ2v) is 4.76. The molecule has 1 aliphatic heterocycles. The van der Waals surface area contributed by atoms with Crippen molar-refractivity contribution in [1.82, 2.24) is 0 Å². The summed E-state index contributed by atoms with van der Waals surface area (Å²) in [5.74, 6) is 0. The number of likely N-dealkylation sites (N-methyl/N-ethyl adjacent to an activating group) is 1. The Kier molecular flexibility index (Phi) is 3.27. The average Bonchev–Trinajstić information content (AvgIpc) is 2.65. The van der Waals surface area contributed by atoms with Crippen molar-refractivity contribution < 1.29 is 13.2 Å². The lowest BCUT2D eigenvalue weighted by Crippen LogP contribution is -2.44. The predicted octanol–water partition coefficient (Wildman–Crippen LogP) is 2.80. The molecular weight excluding hydrogens is 241 g/mol. The fourth-order valence-electron chi connectivity index (χ4n) is 2.59. The van der Waals surface area contributed by atoms with Crippen molar-refractivity contribution in [1.29, 1.82) is 0 Å². The minimum Gasteiger partial charge on any atom is -0.367 e. The summed E-state index contributed by atoms with van der Waals surface area (Å²) in [6.07, 6.45) is -3.69. The van der Waals surface area contributed by atoms with E-state index in [4.69, 9.17) is 5.73 Å². The molecule has 18 heavy (non-hydrogen) atoms. The van der Waals surface area contributed by atoms with Gasteiger partial charge in [-0.2, -0.15) is 13.2 Å². The van der Waals surface area contributed by atoms with E-state index in [0.717, 1.165) is 23.9 Å². The molecule has 100 valence electrons. The lowest BCUT2D eigenvalue weighted by Gasteiger charge is -2.28. The lowest BCUT2D eigenvalue weighted by molar-refractivity contribution is -0.137. The Labute approximate surface area is 105 Å². The first-order valence-electron chi connectivity index (χ1n) is 6.07. The van der Waals surface area contributed by atoms with Gasteiger partial charge in [-0.15, -0.1) is 0 Å². The first-order chi connectivity index (χ1) is 8.34. The van der Waals surface area contributed by atoms with Gasteiger partial charge in [0, 0.05) is 24.3 Å². The van der Waals surface area contributed by atoms with Crippen molar-refractivity contribution in [2.45, 2.75) is 38.5 Å². The Morgan fingerprint density at radius 2 is 2.11 bits per heavy atom. The fourth-order valence-corrected chi connectivity index (χ4v) is 2.59. The van der Waals surface area contributed by atoms with Gasteiger partial charge in [0.2, 0.25) is 0 Å². The van der Waals surface area contributed by atoms with Crippen molar-refractivity contribution in [3.8, 4) is 0 Å². The van der Waals surface area contributed by atoms with E-state index < -0.39 is 11.7 Å². The van der Waals surface area contributed by atoms with Crippen LogP contribution in [0, 0.1) is 0 Å². The SMILES string of the molecule is CCN1c2ccc(C(F)(F)F)cc2CC1C(C)N. The van der Waals surface area contributed by atoms with Gasteiger partial charge >= 0.3 is 6.18 Å². The average molecular weight is 258 g/mol. The van der Waals surface area contributed by atoms with E-state index in [1.54, 1.807) is 6.07 Å². The van der Waals surface area contributed by atoms with Crippen LogP contribution in [-0.2, 0) is 12.6 Å². The Morgan fingerprint density at radius 1 is 1.44 bits per heavy atom. The summed E-state index contributed by atoms with van der Waals surface area (Å²) in [5.41, 5.74) is 6.95. The van der Waals surface area contributed by atoms with Crippen LogP contribution in [0.3, 0.4) is 0 Å². The summed E-state index contributed by atoms with van der Waals surface area (Å²) in [7, 11) is 0. The van der Waals surface area contributed by atoms with Gasteiger partial charge in [-0.25, -0.2) is 0 Å². The molecule has 5 heteroatoms. The second-order valence-electron chi connectivity index (χ2n) is 4.76. The summed E-state index contributed by atoms with van der Waals surface area (Å²) in [6, 6.07) is 3.98. The molecule has 0 saturated heterocycles. The number of nitrogens with zero attached hydrogens (tertiary/aromatic N) is 1. The molecule has 2 unspecified atom stereocenters. The van der Waals surface area contributed by atoms with Gasteiger partial charge in [-0.1, -0.05) is 0 Å². The highest BCUT2D eigenvalue weighted by Gasteiger charge is 2.35. The number of hydrogen-bond donors (Lipinski definition) is 1. The van der Waals surface area contributed by atoms with Gasteiger partial charge in [0.25, 0.3) is 0 Å². The topological polar surface area (TPSA) is 29.3 Å². The zero-order valence-corrected chi connectivity index (χ0v) is 10.5. The summed E-state index contributed by atoms with van der Waals surface area (Å²) in [6.45, 7) is 4.64. The van der Waals surface area contributed by atoms with Crippen LogP contribution in [-0.4, -0.2) is 18.6 Å². The lowest BCUT2D eigenvalue weighted by atomic mass is 10.0. The molecule has 0 fully saturated rings. The molecule has 0 spiro atoms. The van der Waals surface area contributed by atoms with Gasteiger partial charge in [0.15, 0.2) is 0 Å². The molecule has 2 atom stereocenters. The Balaban J connectivity index is 2.38. The number of nitrogens with two attached hydrogens (primary N) is 1. The quantitative estimate of drug-likeness (QED) is 0.883. The van der Waals surface area contributed by atoms with Crippen LogP contribution in [0.15, 0.2) is 18.2 Å². The van der Waals surface area contributed by atoms with Crippen LogP contribution in [0.5, 0.6) is 0 Å². The van der Waals surface area contributed by atoms with Crippen LogP contribution in [0.1, 0.15) is 25.0 Å². The van der Waals surface area contributed by atoms with Gasteiger partial charge in [-0.05, 0) is 44.0 Å². The molecule has 0 bridgehead atoms. The van der Waals surface area contributed by atoms with Crippen molar-refractivity contribution in [2.75, 3.05) is 11.4 Å². The van der Waals surface area contributed by atoms with E-state index in [0.29, 0.717) is 6.42 Å². The van der Waals surface area contributed by atoms with E-state index >= 15 is 0 Å². The van der Waals surface area contributed by atoms with E-state index in [1.165, 1.54) is 6.07 Å². The standard InChI is InChI=1S/C13H17F3N2/c1-3-18-11-5-4-10(13(14,15)16)6-9(11)7-12(18)8(2)17/h4-6,8,12H,3,7,17H2,1-2H3.